The van der Waals surface area contributed by atoms with Crippen LogP contribution in [0.2, 0.25) is 0 Å². The van der Waals surface area contributed by atoms with Gasteiger partial charge in [0.05, 0.1) is 31.5 Å². The Morgan fingerprint density at radius 1 is 0.902 bits per heavy atom. The van der Waals surface area contributed by atoms with E-state index in [4.69, 9.17) is 19.9 Å². The molecule has 0 unspecified atom stereocenters. The summed E-state index contributed by atoms with van der Waals surface area (Å²) in [6.45, 7) is 2.52. The Kier molecular flexibility index (Phi) is 15.8. The fourth-order valence-corrected chi connectivity index (χ4v) is 5.65. The molecule has 0 aromatic heterocycles. The molecule has 0 radical (unpaired) electrons. The van der Waals surface area contributed by atoms with Crippen molar-refractivity contribution in [1.82, 2.24) is 10.6 Å². The number of ether oxygens (including phenoxy) is 3. The minimum atomic E-state index is -4.49. The number of nitrogens with one attached hydrogen (secondary N) is 4. The first-order chi connectivity index (χ1) is 24.3. The predicted octanol–water partition coefficient (Wildman–Crippen LogP) is 3.36. The second-order valence-electron chi connectivity index (χ2n) is 11.5. The summed E-state index contributed by atoms with van der Waals surface area (Å²) in [5.74, 6) is -1.94. The first-order valence-corrected chi connectivity index (χ1v) is 17.5. The number of hydrogen-bond donors (Lipinski definition) is 6. The van der Waals surface area contributed by atoms with Gasteiger partial charge in [-0.25, -0.2) is 9.59 Å². The number of benzene rings is 3. The summed E-state index contributed by atoms with van der Waals surface area (Å²) in [5, 5.41) is 11.0. The molecule has 3 aromatic rings. The van der Waals surface area contributed by atoms with Crippen LogP contribution in [-0.4, -0.2) is 82.2 Å². The molecule has 0 aliphatic heterocycles. The molecule has 2 atom stereocenters. The number of primary amides is 1. The summed E-state index contributed by atoms with van der Waals surface area (Å²) < 4.78 is 48.5. The van der Waals surface area contributed by atoms with Crippen LogP contribution in [0.15, 0.2) is 65.6 Å². The molecule has 0 fully saturated rings. The normalized spacial score (nSPS) is 12.4. The number of carbonyl (C=O) groups excluding carboxylic acids is 5. The molecule has 0 saturated heterocycles. The summed E-state index contributed by atoms with van der Waals surface area (Å²) in [5.41, 5.74) is 6.41. The number of nitrogens with two attached hydrogens (primary N) is 1. The van der Waals surface area contributed by atoms with Crippen molar-refractivity contribution >= 4 is 62.0 Å². The first kappa shape index (κ1) is 40.3. The number of amides is 5. The second kappa shape index (κ2) is 19.9. The van der Waals surface area contributed by atoms with E-state index in [0.717, 1.165) is 0 Å². The highest BCUT2D eigenvalue weighted by Gasteiger charge is 2.25. The second-order valence-corrected chi connectivity index (χ2v) is 12.9. The van der Waals surface area contributed by atoms with Gasteiger partial charge in [-0.15, -0.1) is 0 Å². The van der Waals surface area contributed by atoms with Crippen LogP contribution in [0.1, 0.15) is 38.2 Å². The van der Waals surface area contributed by atoms with Crippen LogP contribution in [0.5, 0.6) is 0 Å². The van der Waals surface area contributed by atoms with Crippen molar-refractivity contribution in [3.05, 3.63) is 66.2 Å². The van der Waals surface area contributed by atoms with Crippen molar-refractivity contribution in [2.45, 2.75) is 50.2 Å². The van der Waals surface area contributed by atoms with Crippen molar-refractivity contribution in [1.29, 1.82) is 0 Å². The van der Waals surface area contributed by atoms with E-state index in [-0.39, 0.29) is 66.7 Å². The van der Waals surface area contributed by atoms with Crippen LogP contribution < -0.4 is 27.0 Å². The van der Waals surface area contributed by atoms with Crippen LogP contribution in [0, 0.1) is 5.92 Å². The molecule has 276 valence electrons. The van der Waals surface area contributed by atoms with Crippen LogP contribution in [-0.2, 0) is 45.3 Å². The molecule has 5 amide bonds. The number of methoxy groups -OCH3 is 1. The summed E-state index contributed by atoms with van der Waals surface area (Å²) in [7, 11) is -2.95. The van der Waals surface area contributed by atoms with E-state index in [1.165, 1.54) is 31.4 Å². The standard InChI is InChI=1S/C34H43N5O11S/c1-22(37-31(41)15-17-49-19-18-48-2)29(40)20-24(6-5-16-36-33(35)43)32(42)38-25-13-11-23(12-14-25)21-50-34(44)39-28-9-3-8-27-26(28)7-4-10-30(27)51(45,46)47/h3-4,7-14,22,24H,5-6,15-21H2,1-2H3,(H,37,41)(H,38,42)(H,39,44)(H3,35,36,43)(H,45,46,47)/t22-,24+/m0/s1. The SMILES string of the molecule is COCCOCCC(=O)N[C@@H](C)C(=O)C[C@@H](CCCNC(N)=O)C(=O)Nc1ccc(COC(=O)Nc2cccc3c(S(=O)(=O)O)cccc23)cc1. The van der Waals surface area contributed by atoms with Gasteiger partial charge < -0.3 is 35.9 Å². The molecule has 16 nitrogen and oxygen atoms in total. The highest BCUT2D eigenvalue weighted by molar-refractivity contribution is 7.86. The molecule has 0 bridgehead atoms. The number of anilines is 2. The predicted molar refractivity (Wildman–Crippen MR) is 187 cm³/mol. The van der Waals surface area contributed by atoms with Crippen LogP contribution in [0.3, 0.4) is 0 Å². The van der Waals surface area contributed by atoms with Gasteiger partial charge in [0.25, 0.3) is 10.1 Å². The van der Waals surface area contributed by atoms with E-state index in [2.05, 4.69) is 21.3 Å². The van der Waals surface area contributed by atoms with Gasteiger partial charge in [-0.3, -0.25) is 24.3 Å². The van der Waals surface area contributed by atoms with Gasteiger partial charge in [0.1, 0.15) is 11.5 Å². The Morgan fingerprint density at radius 2 is 1.61 bits per heavy atom. The Bertz CT molecular complexity index is 1780. The minimum absolute atomic E-state index is 0.0559. The van der Waals surface area contributed by atoms with Crippen LogP contribution in [0.4, 0.5) is 21.0 Å². The summed E-state index contributed by atoms with van der Waals surface area (Å²) >= 11 is 0. The van der Waals surface area contributed by atoms with Crippen molar-refractivity contribution < 1.29 is 51.2 Å². The average molecular weight is 730 g/mol. The van der Waals surface area contributed by atoms with Gasteiger partial charge in [-0.1, -0.05) is 36.4 Å². The summed E-state index contributed by atoms with van der Waals surface area (Å²) in [6.07, 6.45) is -0.298. The molecule has 3 rings (SSSR count). The Labute approximate surface area is 295 Å². The molecule has 0 spiro atoms. The van der Waals surface area contributed by atoms with E-state index in [1.54, 1.807) is 43.3 Å². The number of Topliss-reactive ketones (excluding diaryl/α,β-unsaturated/α-hetero) is 1. The lowest BCUT2D eigenvalue weighted by atomic mass is 9.93. The van der Waals surface area contributed by atoms with E-state index >= 15 is 0 Å². The molecule has 0 aliphatic rings. The molecule has 17 heteroatoms. The largest absolute Gasteiger partial charge is 0.444 e. The fourth-order valence-electron chi connectivity index (χ4n) is 4.95. The average Bonchev–Trinajstić information content (AvgIpc) is 3.08. The van der Waals surface area contributed by atoms with Crippen molar-refractivity contribution in [2.75, 3.05) is 44.1 Å². The fraction of sp³-hybridized carbons (Fsp3) is 0.382. The topological polar surface area (TPSA) is 242 Å². The molecular weight excluding hydrogens is 686 g/mol. The van der Waals surface area contributed by atoms with E-state index in [1.807, 2.05) is 0 Å². The van der Waals surface area contributed by atoms with Crippen LogP contribution in [0.25, 0.3) is 10.8 Å². The molecular formula is C34H43N5O11S. The lowest BCUT2D eigenvalue weighted by molar-refractivity contribution is -0.130. The van der Waals surface area contributed by atoms with E-state index in [9.17, 15) is 36.9 Å². The maximum atomic E-state index is 13.3. The third-order valence-corrected chi connectivity index (χ3v) is 8.51. The number of hydrogen-bond acceptors (Lipinski definition) is 10. The molecule has 0 heterocycles. The monoisotopic (exact) mass is 729 g/mol. The lowest BCUT2D eigenvalue weighted by Gasteiger charge is -2.19. The first-order valence-electron chi connectivity index (χ1n) is 16.0. The summed E-state index contributed by atoms with van der Waals surface area (Å²) in [4.78, 5) is 61.9. The highest BCUT2D eigenvalue weighted by atomic mass is 32.2. The lowest BCUT2D eigenvalue weighted by Crippen LogP contribution is -2.40. The van der Waals surface area contributed by atoms with E-state index in [0.29, 0.717) is 36.3 Å². The van der Waals surface area contributed by atoms with Gasteiger partial charge in [0.2, 0.25) is 11.8 Å². The van der Waals surface area contributed by atoms with Gasteiger partial charge in [-0.05, 0) is 49.6 Å². The van der Waals surface area contributed by atoms with E-state index < -0.39 is 40.1 Å². The number of carbonyl (C=O) groups is 5. The van der Waals surface area contributed by atoms with Crippen molar-refractivity contribution in [2.24, 2.45) is 11.7 Å². The molecule has 7 N–H and O–H groups in total. The van der Waals surface area contributed by atoms with Gasteiger partial charge >= 0.3 is 12.1 Å². The van der Waals surface area contributed by atoms with Crippen molar-refractivity contribution in [3.8, 4) is 0 Å². The number of ketones is 1. The molecule has 51 heavy (non-hydrogen) atoms. The Morgan fingerprint density at radius 3 is 2.29 bits per heavy atom. The number of urea groups is 1. The number of rotatable bonds is 20. The summed E-state index contributed by atoms with van der Waals surface area (Å²) in [6, 6.07) is 13.8. The maximum Gasteiger partial charge on any atom is 0.411 e. The Balaban J connectivity index is 1.56. The van der Waals surface area contributed by atoms with Gasteiger partial charge in [-0.2, -0.15) is 8.42 Å². The zero-order valence-electron chi connectivity index (χ0n) is 28.3. The molecule has 0 aliphatic carbocycles. The molecule has 0 saturated carbocycles. The van der Waals surface area contributed by atoms with Gasteiger partial charge in [0.15, 0.2) is 5.78 Å². The third-order valence-electron chi connectivity index (χ3n) is 7.60. The zero-order valence-corrected chi connectivity index (χ0v) is 29.1. The molecule has 3 aromatic carbocycles. The maximum absolute atomic E-state index is 13.3. The zero-order chi connectivity index (χ0) is 37.4. The van der Waals surface area contributed by atoms with Gasteiger partial charge in [0, 0.05) is 48.9 Å². The highest BCUT2D eigenvalue weighted by Crippen LogP contribution is 2.29. The quantitative estimate of drug-likeness (QED) is 0.0728. The van der Waals surface area contributed by atoms with Crippen molar-refractivity contribution in [3.63, 3.8) is 0 Å². The number of fused-ring (bicyclic) bond motifs is 1. The minimum Gasteiger partial charge on any atom is -0.444 e. The van der Waals surface area contributed by atoms with Crippen LogP contribution >= 0.6 is 0 Å². The third kappa shape index (κ3) is 13.6. The smallest absolute Gasteiger partial charge is 0.411 e. The Hall–Kier alpha value is -5.10.